The number of urea groups is 1. The molecule has 2 N–H and O–H groups in total. The normalized spacial score (nSPS) is 17.5. The molecule has 1 aromatic carbocycles. The van der Waals surface area contributed by atoms with E-state index in [9.17, 15) is 4.79 Å². The fraction of sp³-hybridized carbons (Fsp3) is 0.526. The lowest BCUT2D eigenvalue weighted by molar-refractivity contribution is 0.195. The third kappa shape index (κ3) is 3.52. The van der Waals surface area contributed by atoms with Crippen molar-refractivity contribution in [2.24, 2.45) is 5.73 Å². The summed E-state index contributed by atoms with van der Waals surface area (Å²) in [5.41, 5.74) is 6.36. The van der Waals surface area contributed by atoms with Gasteiger partial charge in [0.1, 0.15) is 5.75 Å². The summed E-state index contributed by atoms with van der Waals surface area (Å²) < 4.78 is 7.37. The van der Waals surface area contributed by atoms with E-state index in [0.29, 0.717) is 13.0 Å². The van der Waals surface area contributed by atoms with Crippen molar-refractivity contribution in [3.8, 4) is 5.75 Å². The number of ether oxygens (including phenoxy) is 1. The lowest BCUT2D eigenvalue weighted by Gasteiger charge is -2.27. The minimum absolute atomic E-state index is 0.120. The van der Waals surface area contributed by atoms with Crippen molar-refractivity contribution in [1.82, 2.24) is 19.7 Å². The van der Waals surface area contributed by atoms with Gasteiger partial charge in [0.25, 0.3) is 0 Å². The largest absolute Gasteiger partial charge is 0.496 e. The molecule has 2 heterocycles. The average molecular weight is 357 g/mol. The minimum atomic E-state index is -0.401. The summed E-state index contributed by atoms with van der Waals surface area (Å²) in [6.45, 7) is 6.92. The predicted octanol–water partition coefficient (Wildman–Crippen LogP) is 2.85. The van der Waals surface area contributed by atoms with Crippen molar-refractivity contribution in [2.45, 2.75) is 51.6 Å². The number of methoxy groups -OCH3 is 1. The molecule has 1 aliphatic rings. The van der Waals surface area contributed by atoms with Gasteiger partial charge >= 0.3 is 6.03 Å². The minimum Gasteiger partial charge on any atom is -0.496 e. The van der Waals surface area contributed by atoms with Crippen LogP contribution in [0.3, 0.4) is 0 Å². The Morgan fingerprint density at radius 1 is 1.35 bits per heavy atom. The fourth-order valence-corrected chi connectivity index (χ4v) is 3.47. The van der Waals surface area contributed by atoms with Crippen molar-refractivity contribution in [3.05, 3.63) is 41.5 Å². The zero-order chi connectivity index (χ0) is 18.9. The van der Waals surface area contributed by atoms with E-state index in [4.69, 9.17) is 20.6 Å². The second-order valence-electron chi connectivity index (χ2n) is 7.65. The Morgan fingerprint density at radius 2 is 2.08 bits per heavy atom. The second-order valence-corrected chi connectivity index (χ2v) is 7.65. The van der Waals surface area contributed by atoms with Gasteiger partial charge in [-0.15, -0.1) is 0 Å². The molecular weight excluding hydrogens is 330 g/mol. The lowest BCUT2D eigenvalue weighted by atomic mass is 10.1. The summed E-state index contributed by atoms with van der Waals surface area (Å²) in [6.07, 6.45) is 2.35. The molecule has 1 fully saturated rings. The number of hydrogen-bond donors (Lipinski definition) is 1. The highest BCUT2D eigenvalue weighted by molar-refractivity contribution is 5.72. The van der Waals surface area contributed by atoms with Crippen LogP contribution in [-0.2, 0) is 12.0 Å². The zero-order valence-electron chi connectivity index (χ0n) is 15.9. The van der Waals surface area contributed by atoms with Crippen LogP contribution >= 0.6 is 0 Å². The fourth-order valence-electron chi connectivity index (χ4n) is 3.47. The Hall–Kier alpha value is -2.57. The van der Waals surface area contributed by atoms with Gasteiger partial charge in [0.2, 0.25) is 0 Å². The molecule has 1 aromatic heterocycles. The first-order valence-electron chi connectivity index (χ1n) is 8.95. The molecule has 0 unspecified atom stereocenters. The summed E-state index contributed by atoms with van der Waals surface area (Å²) in [5, 5.41) is 4.76. The summed E-state index contributed by atoms with van der Waals surface area (Å²) in [7, 11) is 1.66. The van der Waals surface area contributed by atoms with E-state index in [0.717, 1.165) is 35.8 Å². The van der Waals surface area contributed by atoms with Gasteiger partial charge in [0.05, 0.1) is 18.7 Å². The highest BCUT2D eigenvalue weighted by Crippen LogP contribution is 2.33. The van der Waals surface area contributed by atoms with E-state index in [1.165, 1.54) is 0 Å². The number of rotatable bonds is 4. The first-order valence-corrected chi connectivity index (χ1v) is 8.95. The van der Waals surface area contributed by atoms with Gasteiger partial charge in [-0.2, -0.15) is 5.10 Å². The maximum absolute atomic E-state index is 11.8. The maximum Gasteiger partial charge on any atom is 0.315 e. The molecule has 2 aromatic rings. The summed E-state index contributed by atoms with van der Waals surface area (Å²) in [5.74, 6) is 2.34. The van der Waals surface area contributed by atoms with Crippen LogP contribution in [0.25, 0.3) is 0 Å². The van der Waals surface area contributed by atoms with E-state index in [1.807, 2.05) is 28.9 Å². The van der Waals surface area contributed by atoms with E-state index < -0.39 is 6.03 Å². The van der Waals surface area contributed by atoms with Gasteiger partial charge in [-0.1, -0.05) is 18.2 Å². The van der Waals surface area contributed by atoms with Crippen LogP contribution in [0.15, 0.2) is 24.3 Å². The Kier molecular flexibility index (Phi) is 4.89. The number of primary amides is 1. The monoisotopic (exact) mass is 357 g/mol. The van der Waals surface area contributed by atoms with Gasteiger partial charge in [0, 0.05) is 18.5 Å². The molecule has 7 heteroatoms. The highest BCUT2D eigenvalue weighted by atomic mass is 16.5. The number of para-hydroxylation sites is 1. The van der Waals surface area contributed by atoms with Gasteiger partial charge in [0.15, 0.2) is 11.6 Å². The van der Waals surface area contributed by atoms with Crippen LogP contribution in [0, 0.1) is 0 Å². The molecule has 0 aliphatic carbocycles. The summed E-state index contributed by atoms with van der Waals surface area (Å²) >= 11 is 0. The summed E-state index contributed by atoms with van der Waals surface area (Å²) in [4.78, 5) is 18.3. The molecule has 26 heavy (non-hydrogen) atoms. The molecular formula is C19H27N5O2. The van der Waals surface area contributed by atoms with Crippen molar-refractivity contribution in [2.75, 3.05) is 13.7 Å². The number of aromatic nitrogens is 3. The van der Waals surface area contributed by atoms with Crippen LogP contribution in [0.2, 0.25) is 0 Å². The van der Waals surface area contributed by atoms with Gasteiger partial charge in [-0.25, -0.2) is 14.5 Å². The van der Waals surface area contributed by atoms with E-state index in [1.54, 1.807) is 12.0 Å². The molecule has 3 rings (SSSR count). The molecule has 0 bridgehead atoms. The SMILES string of the molecule is COc1ccccc1Cc1nc([C@@H]2CCCN2C(N)=O)n(C(C)(C)C)n1. The smallest absolute Gasteiger partial charge is 0.315 e. The molecule has 1 atom stereocenters. The first-order chi connectivity index (χ1) is 12.3. The van der Waals surface area contributed by atoms with E-state index >= 15 is 0 Å². The number of nitrogens with zero attached hydrogens (tertiary/aromatic N) is 4. The molecule has 1 aliphatic heterocycles. The lowest BCUT2D eigenvalue weighted by Crippen LogP contribution is -2.37. The van der Waals surface area contributed by atoms with Crippen molar-refractivity contribution < 1.29 is 9.53 Å². The predicted molar refractivity (Wildman–Crippen MR) is 99.1 cm³/mol. The topological polar surface area (TPSA) is 86.3 Å². The number of nitrogens with two attached hydrogens (primary N) is 1. The Bertz CT molecular complexity index is 793. The van der Waals surface area contributed by atoms with Crippen LogP contribution < -0.4 is 10.5 Å². The highest BCUT2D eigenvalue weighted by Gasteiger charge is 2.35. The Morgan fingerprint density at radius 3 is 2.73 bits per heavy atom. The third-order valence-electron chi connectivity index (χ3n) is 4.69. The molecule has 0 saturated carbocycles. The van der Waals surface area contributed by atoms with Crippen LogP contribution in [-0.4, -0.2) is 39.4 Å². The van der Waals surface area contributed by atoms with Crippen LogP contribution in [0.5, 0.6) is 5.75 Å². The van der Waals surface area contributed by atoms with E-state index in [2.05, 4.69) is 20.8 Å². The number of carbonyl (C=O) groups excluding carboxylic acids is 1. The number of amides is 2. The molecule has 7 nitrogen and oxygen atoms in total. The Balaban J connectivity index is 1.99. The first kappa shape index (κ1) is 18.2. The second kappa shape index (κ2) is 6.97. The van der Waals surface area contributed by atoms with Crippen molar-refractivity contribution in [1.29, 1.82) is 0 Å². The van der Waals surface area contributed by atoms with Crippen LogP contribution in [0.4, 0.5) is 4.79 Å². The molecule has 2 amide bonds. The van der Waals surface area contributed by atoms with Crippen LogP contribution in [0.1, 0.15) is 56.9 Å². The van der Waals surface area contributed by atoms with Crippen molar-refractivity contribution in [3.63, 3.8) is 0 Å². The number of hydrogen-bond acceptors (Lipinski definition) is 4. The number of likely N-dealkylation sites (tertiary alicyclic amines) is 1. The average Bonchev–Trinajstić information content (AvgIpc) is 3.21. The summed E-state index contributed by atoms with van der Waals surface area (Å²) in [6, 6.07) is 7.35. The number of carbonyl (C=O) groups is 1. The molecule has 0 spiro atoms. The molecule has 1 saturated heterocycles. The number of benzene rings is 1. The third-order valence-corrected chi connectivity index (χ3v) is 4.69. The zero-order valence-corrected chi connectivity index (χ0v) is 15.9. The van der Waals surface area contributed by atoms with E-state index in [-0.39, 0.29) is 11.6 Å². The molecule has 140 valence electrons. The van der Waals surface area contributed by atoms with Gasteiger partial charge < -0.3 is 15.4 Å². The van der Waals surface area contributed by atoms with Gasteiger partial charge in [-0.05, 0) is 39.7 Å². The Labute approximate surface area is 154 Å². The van der Waals surface area contributed by atoms with Crippen molar-refractivity contribution >= 4 is 6.03 Å². The maximum atomic E-state index is 11.8. The molecule has 0 radical (unpaired) electrons. The standard InChI is InChI=1S/C19H27N5O2/c1-19(2,3)24-17(14-9-7-11-23(14)18(20)25)21-16(22-24)12-13-8-5-6-10-15(13)26-4/h5-6,8,10,14H,7,9,11-12H2,1-4H3,(H2,20,25)/t14-/m0/s1. The quantitative estimate of drug-likeness (QED) is 0.911. The van der Waals surface area contributed by atoms with Gasteiger partial charge in [-0.3, -0.25) is 0 Å².